The van der Waals surface area contributed by atoms with E-state index < -0.39 is 5.41 Å². The first kappa shape index (κ1) is 12.6. The molecule has 1 aromatic rings. The van der Waals surface area contributed by atoms with Gasteiger partial charge in [-0.15, -0.1) is 0 Å². The molecule has 0 atom stereocenters. The van der Waals surface area contributed by atoms with Gasteiger partial charge in [0.2, 0.25) is 5.91 Å². The minimum Gasteiger partial charge on any atom is -0.324 e. The molecule has 1 N–H and O–H groups in total. The molecule has 1 saturated carbocycles. The summed E-state index contributed by atoms with van der Waals surface area (Å²) in [6, 6.07) is 6.62. The Balaban J connectivity index is 2.18. The van der Waals surface area contributed by atoms with Crippen LogP contribution < -0.4 is 5.32 Å². The number of carbonyl (C=O) groups is 1. The number of carbonyl (C=O) groups excluding carboxylic acids is 1. The van der Waals surface area contributed by atoms with E-state index in [4.69, 9.17) is 5.26 Å². The fraction of sp³-hybridized carbons (Fsp3) is 0.429. The van der Waals surface area contributed by atoms with E-state index >= 15 is 0 Å². The van der Waals surface area contributed by atoms with Crippen molar-refractivity contribution in [1.29, 1.82) is 5.26 Å². The van der Waals surface area contributed by atoms with Crippen molar-refractivity contribution in [1.82, 2.24) is 0 Å². The number of anilines is 1. The Morgan fingerprint density at radius 3 is 2.78 bits per heavy atom. The van der Waals surface area contributed by atoms with Gasteiger partial charge in [0, 0.05) is 11.3 Å². The number of amides is 1. The molecule has 0 heterocycles. The zero-order chi connectivity index (χ0) is 13.3. The van der Waals surface area contributed by atoms with Crippen LogP contribution in [0.4, 0.5) is 10.1 Å². The maximum atomic E-state index is 13.3. The summed E-state index contributed by atoms with van der Waals surface area (Å²) in [5.41, 5.74) is -0.0986. The molecular weight excluding hydrogens is 231 g/mol. The van der Waals surface area contributed by atoms with E-state index in [1.165, 1.54) is 6.07 Å². The van der Waals surface area contributed by atoms with Gasteiger partial charge in [0.15, 0.2) is 0 Å². The van der Waals surface area contributed by atoms with Crippen LogP contribution in [-0.4, -0.2) is 5.91 Å². The van der Waals surface area contributed by atoms with E-state index in [0.717, 1.165) is 0 Å². The van der Waals surface area contributed by atoms with E-state index in [-0.39, 0.29) is 11.7 Å². The summed E-state index contributed by atoms with van der Waals surface area (Å²) in [5.74, 6) is -0.290. The third kappa shape index (κ3) is 1.97. The number of benzene rings is 1. The quantitative estimate of drug-likeness (QED) is 0.872. The Hall–Kier alpha value is -1.89. The number of hydrogen-bond donors (Lipinski definition) is 1. The first-order chi connectivity index (χ1) is 8.48. The summed E-state index contributed by atoms with van der Waals surface area (Å²) in [5, 5.41) is 11.8. The molecule has 0 radical (unpaired) electrons. The monoisotopic (exact) mass is 246 g/mol. The van der Waals surface area contributed by atoms with Gasteiger partial charge in [0.1, 0.15) is 11.2 Å². The van der Waals surface area contributed by atoms with Gasteiger partial charge in [-0.05, 0) is 37.8 Å². The van der Waals surface area contributed by atoms with Crippen LogP contribution in [0.25, 0.3) is 0 Å². The van der Waals surface area contributed by atoms with Crippen LogP contribution in [0, 0.1) is 35.4 Å². The van der Waals surface area contributed by atoms with Gasteiger partial charge in [0.05, 0.1) is 6.07 Å². The molecule has 4 heteroatoms. The maximum Gasteiger partial charge on any atom is 0.244 e. The average Bonchev–Trinajstić information content (AvgIpc) is 2.30. The molecule has 0 bridgehead atoms. The van der Waals surface area contributed by atoms with Crippen molar-refractivity contribution in [2.75, 3.05) is 5.32 Å². The van der Waals surface area contributed by atoms with Gasteiger partial charge in [-0.1, -0.05) is 13.0 Å². The predicted molar refractivity (Wildman–Crippen MR) is 66.2 cm³/mol. The third-order valence-corrected chi connectivity index (χ3v) is 3.56. The predicted octanol–water partition coefficient (Wildman–Crippen LogP) is 3.01. The van der Waals surface area contributed by atoms with E-state index in [0.29, 0.717) is 30.0 Å². The second kappa shape index (κ2) is 4.41. The molecule has 0 unspecified atom stereocenters. The van der Waals surface area contributed by atoms with Crippen LogP contribution in [0.3, 0.4) is 0 Å². The normalized spacial score (nSPS) is 26.0. The topological polar surface area (TPSA) is 52.9 Å². The smallest absolute Gasteiger partial charge is 0.244 e. The molecule has 0 saturated heterocycles. The molecule has 1 amide bonds. The van der Waals surface area contributed by atoms with E-state index in [1.54, 1.807) is 19.1 Å². The Kier molecular flexibility index (Phi) is 3.08. The van der Waals surface area contributed by atoms with E-state index in [9.17, 15) is 9.18 Å². The van der Waals surface area contributed by atoms with Crippen LogP contribution in [0.15, 0.2) is 18.2 Å². The molecule has 1 aliphatic carbocycles. The Labute approximate surface area is 106 Å². The Morgan fingerprint density at radius 1 is 1.56 bits per heavy atom. The minimum atomic E-state index is -0.932. The molecule has 18 heavy (non-hydrogen) atoms. The van der Waals surface area contributed by atoms with Crippen LogP contribution in [0.1, 0.15) is 25.3 Å². The molecule has 1 fully saturated rings. The largest absolute Gasteiger partial charge is 0.324 e. The molecule has 0 aliphatic heterocycles. The van der Waals surface area contributed by atoms with Crippen LogP contribution in [0.5, 0.6) is 0 Å². The van der Waals surface area contributed by atoms with Gasteiger partial charge in [-0.3, -0.25) is 4.79 Å². The van der Waals surface area contributed by atoms with Crippen molar-refractivity contribution in [2.24, 2.45) is 11.3 Å². The van der Waals surface area contributed by atoms with Crippen LogP contribution >= 0.6 is 0 Å². The van der Waals surface area contributed by atoms with Crippen LogP contribution in [0.2, 0.25) is 0 Å². The number of hydrogen-bond acceptors (Lipinski definition) is 2. The van der Waals surface area contributed by atoms with Crippen molar-refractivity contribution in [2.45, 2.75) is 26.7 Å². The first-order valence-corrected chi connectivity index (χ1v) is 5.96. The highest BCUT2D eigenvalue weighted by atomic mass is 19.1. The van der Waals surface area contributed by atoms with Crippen molar-refractivity contribution in [3.05, 3.63) is 29.6 Å². The maximum absolute atomic E-state index is 13.3. The Bertz CT molecular complexity index is 527. The summed E-state index contributed by atoms with van der Waals surface area (Å²) in [6.45, 7) is 3.61. The molecular formula is C14H15FN2O. The van der Waals surface area contributed by atoms with Crippen molar-refractivity contribution in [3.63, 3.8) is 0 Å². The van der Waals surface area contributed by atoms with Crippen molar-refractivity contribution >= 4 is 11.6 Å². The van der Waals surface area contributed by atoms with Gasteiger partial charge < -0.3 is 5.32 Å². The number of rotatable bonds is 2. The summed E-state index contributed by atoms with van der Waals surface area (Å²) >= 11 is 0. The first-order valence-electron chi connectivity index (χ1n) is 5.96. The standard InChI is InChI=1S/C14H15FN2O/c1-9-6-14(7-9,8-16)13(18)17-12-5-3-4-11(15)10(12)2/h3-5,9H,6-7H2,1-2H3,(H,17,18). The molecule has 94 valence electrons. The molecule has 1 aliphatic rings. The third-order valence-electron chi connectivity index (χ3n) is 3.56. The second-order valence-electron chi connectivity index (χ2n) is 5.07. The number of nitrogens with one attached hydrogen (secondary N) is 1. The molecule has 2 rings (SSSR count). The summed E-state index contributed by atoms with van der Waals surface area (Å²) < 4.78 is 13.3. The second-order valence-corrected chi connectivity index (χ2v) is 5.07. The van der Waals surface area contributed by atoms with Gasteiger partial charge in [0.25, 0.3) is 0 Å². The van der Waals surface area contributed by atoms with Crippen LogP contribution in [-0.2, 0) is 4.79 Å². The highest BCUT2D eigenvalue weighted by Gasteiger charge is 2.49. The van der Waals surface area contributed by atoms with Gasteiger partial charge >= 0.3 is 0 Å². The lowest BCUT2D eigenvalue weighted by Gasteiger charge is -2.39. The lowest BCUT2D eigenvalue weighted by molar-refractivity contribution is -0.128. The lowest BCUT2D eigenvalue weighted by atomic mass is 9.63. The number of halogens is 1. The minimum absolute atomic E-state index is 0.322. The number of nitrogens with zero attached hydrogens (tertiary/aromatic N) is 1. The lowest BCUT2D eigenvalue weighted by Crippen LogP contribution is -2.45. The van der Waals surface area contributed by atoms with E-state index in [1.807, 2.05) is 6.92 Å². The van der Waals surface area contributed by atoms with Crippen molar-refractivity contribution in [3.8, 4) is 6.07 Å². The summed E-state index contributed by atoms with van der Waals surface area (Å²) in [7, 11) is 0. The van der Waals surface area contributed by atoms with Gasteiger partial charge in [-0.2, -0.15) is 5.26 Å². The summed E-state index contributed by atoms with van der Waals surface area (Å²) in [4.78, 5) is 12.1. The highest BCUT2D eigenvalue weighted by Crippen LogP contribution is 2.45. The molecule has 0 aromatic heterocycles. The molecule has 0 spiro atoms. The SMILES string of the molecule is Cc1c(F)cccc1NC(=O)C1(C#N)CC(C)C1. The summed E-state index contributed by atoms with van der Waals surface area (Å²) in [6.07, 6.45) is 1.15. The average molecular weight is 246 g/mol. The number of nitriles is 1. The van der Waals surface area contributed by atoms with E-state index in [2.05, 4.69) is 11.4 Å². The highest BCUT2D eigenvalue weighted by molar-refractivity contribution is 5.98. The van der Waals surface area contributed by atoms with Crippen molar-refractivity contribution < 1.29 is 9.18 Å². The molecule has 3 nitrogen and oxygen atoms in total. The fourth-order valence-corrected chi connectivity index (χ4v) is 2.44. The zero-order valence-corrected chi connectivity index (χ0v) is 10.5. The molecule has 1 aromatic carbocycles. The Morgan fingerprint density at radius 2 is 2.22 bits per heavy atom. The van der Waals surface area contributed by atoms with Gasteiger partial charge in [-0.25, -0.2) is 4.39 Å². The zero-order valence-electron chi connectivity index (χ0n) is 10.5. The fourth-order valence-electron chi connectivity index (χ4n) is 2.44.